The van der Waals surface area contributed by atoms with Gasteiger partial charge in [0, 0.05) is 10.6 Å². The molecule has 0 radical (unpaired) electrons. The summed E-state index contributed by atoms with van der Waals surface area (Å²) in [6, 6.07) is 16.1. The van der Waals surface area contributed by atoms with E-state index in [-0.39, 0.29) is 5.97 Å². The molecule has 0 heterocycles. The molecule has 0 spiro atoms. The molecule has 1 unspecified atom stereocenters. The van der Waals surface area contributed by atoms with E-state index in [1.54, 1.807) is 0 Å². The normalized spacial score (nSPS) is 12.8. The summed E-state index contributed by atoms with van der Waals surface area (Å²) in [7, 11) is 0. The fourth-order valence-corrected chi connectivity index (χ4v) is 3.91. The molecule has 3 rings (SSSR count). The summed E-state index contributed by atoms with van der Waals surface area (Å²) in [6.07, 6.45) is -0.833. The van der Waals surface area contributed by atoms with Gasteiger partial charge in [-0.05, 0) is 86.7 Å². The summed E-state index contributed by atoms with van der Waals surface area (Å²) in [5.41, 5.74) is 4.45. The van der Waals surface area contributed by atoms with Crippen LogP contribution in [0.3, 0.4) is 0 Å². The number of hydrogen-bond donors (Lipinski definition) is 0. The number of rotatable bonds is 5. The Balaban J connectivity index is 2.39. The quantitative estimate of drug-likeness (QED) is 0.406. The smallest absolute Gasteiger partial charge is 0.339 e. The Morgan fingerprint density at radius 2 is 1.67 bits per heavy atom. The van der Waals surface area contributed by atoms with Gasteiger partial charge >= 0.3 is 5.97 Å². The predicted molar refractivity (Wildman–Crippen MR) is 124 cm³/mol. The fraction of sp³-hybridized carbons (Fsp3) is 0.346. The lowest BCUT2D eigenvalue weighted by molar-refractivity contribution is -0.166. The molecular weight excluding hydrogens is 396 g/mol. The van der Waals surface area contributed by atoms with Gasteiger partial charge in [0.25, 0.3) is 0 Å². The van der Waals surface area contributed by atoms with Crippen molar-refractivity contribution in [1.82, 2.24) is 0 Å². The van der Waals surface area contributed by atoms with Crippen LogP contribution in [0.1, 0.15) is 50.5 Å². The predicted octanol–water partition coefficient (Wildman–Crippen LogP) is 7.20. The van der Waals surface area contributed by atoms with Gasteiger partial charge in [-0.25, -0.2) is 4.79 Å². The zero-order chi connectivity index (χ0) is 22.1. The Morgan fingerprint density at radius 3 is 2.27 bits per heavy atom. The molecule has 0 aliphatic heterocycles. The third-order valence-corrected chi connectivity index (χ3v) is 5.27. The van der Waals surface area contributed by atoms with Crippen molar-refractivity contribution in [3.8, 4) is 11.1 Å². The number of fused-ring (bicyclic) bond motifs is 1. The highest BCUT2D eigenvalue weighted by Crippen LogP contribution is 2.41. The van der Waals surface area contributed by atoms with Crippen LogP contribution >= 0.6 is 11.6 Å². The molecule has 30 heavy (non-hydrogen) atoms. The van der Waals surface area contributed by atoms with Crippen LogP contribution in [-0.2, 0) is 14.3 Å². The first-order chi connectivity index (χ1) is 14.1. The zero-order valence-electron chi connectivity index (χ0n) is 18.5. The van der Waals surface area contributed by atoms with E-state index in [2.05, 4.69) is 25.1 Å². The van der Waals surface area contributed by atoms with E-state index >= 15 is 0 Å². The molecule has 0 aliphatic carbocycles. The molecule has 3 nitrogen and oxygen atoms in total. The second kappa shape index (κ2) is 8.79. The zero-order valence-corrected chi connectivity index (χ0v) is 19.3. The molecule has 0 fully saturated rings. The Morgan fingerprint density at radius 1 is 1.00 bits per heavy atom. The number of carbonyl (C=O) groups is 1. The standard InChI is InChI=1S/C26H29ClO3/c1-7-29-25(28)24(30-26(4,5)6)22-17(3)15-21-16(2)9-8-10-20(21)23(22)18-11-13-19(27)14-12-18/h8-15,24H,7H2,1-6H3. The summed E-state index contributed by atoms with van der Waals surface area (Å²) in [5.74, 6) is -0.377. The van der Waals surface area contributed by atoms with Crippen LogP contribution in [0.5, 0.6) is 0 Å². The molecule has 1 atom stereocenters. The maximum absolute atomic E-state index is 13.0. The van der Waals surface area contributed by atoms with Crippen LogP contribution in [-0.4, -0.2) is 18.2 Å². The molecular formula is C26H29ClO3. The van der Waals surface area contributed by atoms with Crippen molar-refractivity contribution in [3.63, 3.8) is 0 Å². The van der Waals surface area contributed by atoms with Gasteiger partial charge in [0.05, 0.1) is 12.2 Å². The van der Waals surface area contributed by atoms with E-state index in [1.807, 2.05) is 65.0 Å². The largest absolute Gasteiger partial charge is 0.464 e. The van der Waals surface area contributed by atoms with Crippen LogP contribution in [0.15, 0.2) is 48.5 Å². The lowest BCUT2D eigenvalue weighted by atomic mass is 9.86. The number of hydrogen-bond acceptors (Lipinski definition) is 3. The maximum atomic E-state index is 13.0. The minimum Gasteiger partial charge on any atom is -0.464 e. The number of carbonyl (C=O) groups excluding carboxylic acids is 1. The van der Waals surface area contributed by atoms with Crippen molar-refractivity contribution in [2.24, 2.45) is 0 Å². The molecule has 0 saturated heterocycles. The lowest BCUT2D eigenvalue weighted by Crippen LogP contribution is -2.29. The Bertz CT molecular complexity index is 1060. The molecule has 4 heteroatoms. The number of benzene rings is 3. The van der Waals surface area contributed by atoms with Crippen LogP contribution in [0, 0.1) is 13.8 Å². The van der Waals surface area contributed by atoms with E-state index in [9.17, 15) is 4.79 Å². The first-order valence-corrected chi connectivity index (χ1v) is 10.6. The van der Waals surface area contributed by atoms with Gasteiger partial charge in [0.2, 0.25) is 0 Å². The van der Waals surface area contributed by atoms with Gasteiger partial charge in [-0.1, -0.05) is 48.0 Å². The molecule has 0 bridgehead atoms. The van der Waals surface area contributed by atoms with Crippen molar-refractivity contribution in [2.45, 2.75) is 53.2 Å². The molecule has 158 valence electrons. The molecule has 0 N–H and O–H groups in total. The Kier molecular flexibility index (Phi) is 6.54. The Labute approximate surface area is 184 Å². The highest BCUT2D eigenvalue weighted by molar-refractivity contribution is 6.30. The van der Waals surface area contributed by atoms with Gasteiger partial charge in [-0.2, -0.15) is 0 Å². The third kappa shape index (κ3) is 4.69. The van der Waals surface area contributed by atoms with Gasteiger partial charge in [0.1, 0.15) is 0 Å². The van der Waals surface area contributed by atoms with E-state index in [0.29, 0.717) is 11.6 Å². The SMILES string of the molecule is CCOC(=O)C(OC(C)(C)C)c1c(C)cc2c(C)cccc2c1-c1ccc(Cl)cc1. The molecule has 0 saturated carbocycles. The Hall–Kier alpha value is -2.36. The van der Waals surface area contributed by atoms with Gasteiger partial charge in [-0.3, -0.25) is 0 Å². The molecule has 3 aromatic rings. The van der Waals surface area contributed by atoms with E-state index < -0.39 is 11.7 Å². The van der Waals surface area contributed by atoms with Crippen molar-refractivity contribution in [3.05, 3.63) is 70.2 Å². The number of halogens is 1. The third-order valence-electron chi connectivity index (χ3n) is 5.02. The van der Waals surface area contributed by atoms with E-state index in [4.69, 9.17) is 21.1 Å². The van der Waals surface area contributed by atoms with Crippen LogP contribution in [0.4, 0.5) is 0 Å². The average Bonchev–Trinajstić information content (AvgIpc) is 2.66. The summed E-state index contributed by atoms with van der Waals surface area (Å²) >= 11 is 6.16. The molecule has 0 amide bonds. The number of aryl methyl sites for hydroxylation is 2. The van der Waals surface area contributed by atoms with Gasteiger partial charge in [-0.15, -0.1) is 0 Å². The van der Waals surface area contributed by atoms with Crippen molar-refractivity contribution >= 4 is 28.3 Å². The van der Waals surface area contributed by atoms with Crippen molar-refractivity contribution in [1.29, 1.82) is 0 Å². The number of ether oxygens (including phenoxy) is 2. The van der Waals surface area contributed by atoms with Gasteiger partial charge in [0.15, 0.2) is 6.10 Å². The minimum atomic E-state index is -0.833. The van der Waals surface area contributed by atoms with Crippen molar-refractivity contribution in [2.75, 3.05) is 6.61 Å². The van der Waals surface area contributed by atoms with E-state index in [1.165, 1.54) is 5.56 Å². The summed E-state index contributed by atoms with van der Waals surface area (Å²) < 4.78 is 11.7. The highest BCUT2D eigenvalue weighted by atomic mass is 35.5. The highest BCUT2D eigenvalue weighted by Gasteiger charge is 2.32. The summed E-state index contributed by atoms with van der Waals surface area (Å²) in [4.78, 5) is 13.0. The monoisotopic (exact) mass is 424 g/mol. The molecule has 0 aromatic heterocycles. The lowest BCUT2D eigenvalue weighted by Gasteiger charge is -2.29. The van der Waals surface area contributed by atoms with Crippen LogP contribution < -0.4 is 0 Å². The first-order valence-electron chi connectivity index (χ1n) is 10.3. The van der Waals surface area contributed by atoms with Crippen LogP contribution in [0.2, 0.25) is 5.02 Å². The topological polar surface area (TPSA) is 35.5 Å². The van der Waals surface area contributed by atoms with Crippen molar-refractivity contribution < 1.29 is 14.3 Å². The summed E-state index contributed by atoms with van der Waals surface area (Å²) in [5, 5.41) is 2.90. The maximum Gasteiger partial charge on any atom is 0.339 e. The van der Waals surface area contributed by atoms with Crippen LogP contribution in [0.25, 0.3) is 21.9 Å². The second-order valence-electron chi connectivity index (χ2n) is 8.52. The minimum absolute atomic E-state index is 0.296. The first kappa shape index (κ1) is 22.3. The van der Waals surface area contributed by atoms with E-state index in [0.717, 1.165) is 33.0 Å². The second-order valence-corrected chi connectivity index (χ2v) is 8.96. The molecule has 3 aromatic carbocycles. The summed E-state index contributed by atoms with van der Waals surface area (Å²) in [6.45, 7) is 12.1. The van der Waals surface area contributed by atoms with Gasteiger partial charge < -0.3 is 9.47 Å². The molecule has 0 aliphatic rings. The number of esters is 1. The average molecular weight is 425 g/mol. The fourth-order valence-electron chi connectivity index (χ4n) is 3.79.